The average molecular weight is 205 g/mol. The van der Waals surface area contributed by atoms with Gasteiger partial charge in [0, 0.05) is 17.1 Å². The molecule has 0 unspecified atom stereocenters. The fourth-order valence-electron chi connectivity index (χ4n) is 1.81. The highest BCUT2D eigenvalue weighted by molar-refractivity contribution is 8.14. The lowest BCUT2D eigenvalue weighted by Gasteiger charge is -2.13. The molecule has 3 nitrogen and oxygen atoms in total. The minimum absolute atomic E-state index is 0.873. The highest BCUT2D eigenvalue weighted by Crippen LogP contribution is 2.43. The van der Waals surface area contributed by atoms with Crippen molar-refractivity contribution in [3.8, 4) is 0 Å². The number of nitrogens with two attached hydrogens (primary N) is 1. The van der Waals surface area contributed by atoms with Crippen molar-refractivity contribution in [3.05, 3.63) is 17.7 Å². The molecule has 14 heavy (non-hydrogen) atoms. The Bertz CT molecular complexity index is 439. The van der Waals surface area contributed by atoms with Crippen molar-refractivity contribution in [3.63, 3.8) is 0 Å². The molecule has 0 atom stereocenters. The van der Waals surface area contributed by atoms with Gasteiger partial charge in [0.2, 0.25) is 0 Å². The van der Waals surface area contributed by atoms with E-state index in [1.165, 1.54) is 10.6 Å². The van der Waals surface area contributed by atoms with Gasteiger partial charge < -0.3 is 10.6 Å². The number of fused-ring (bicyclic) bond motifs is 3. The SMILES string of the molecule is Cc1cc2c(cc1N)N1CCN=C1S2. The predicted octanol–water partition coefficient (Wildman–Crippen LogP) is 1.86. The van der Waals surface area contributed by atoms with Gasteiger partial charge in [-0.3, -0.25) is 4.99 Å². The molecule has 2 heterocycles. The van der Waals surface area contributed by atoms with Crippen LogP contribution in [0.2, 0.25) is 0 Å². The van der Waals surface area contributed by atoms with E-state index in [1.807, 2.05) is 6.92 Å². The number of aliphatic imine (C=N–C) groups is 1. The van der Waals surface area contributed by atoms with Gasteiger partial charge in [-0.1, -0.05) is 0 Å². The fraction of sp³-hybridized carbons (Fsp3) is 0.300. The third kappa shape index (κ3) is 0.973. The van der Waals surface area contributed by atoms with Gasteiger partial charge in [0.1, 0.15) is 0 Å². The third-order valence-electron chi connectivity index (χ3n) is 2.64. The van der Waals surface area contributed by atoms with Gasteiger partial charge in [-0.2, -0.15) is 0 Å². The maximum atomic E-state index is 5.90. The maximum Gasteiger partial charge on any atom is 0.168 e. The molecule has 0 radical (unpaired) electrons. The van der Waals surface area contributed by atoms with Gasteiger partial charge >= 0.3 is 0 Å². The minimum Gasteiger partial charge on any atom is -0.398 e. The Kier molecular flexibility index (Phi) is 1.56. The van der Waals surface area contributed by atoms with Gasteiger partial charge in [-0.25, -0.2) is 0 Å². The van der Waals surface area contributed by atoms with E-state index in [0.29, 0.717) is 0 Å². The van der Waals surface area contributed by atoms with Crippen molar-refractivity contribution in [2.24, 2.45) is 4.99 Å². The number of hydrogen-bond acceptors (Lipinski definition) is 4. The van der Waals surface area contributed by atoms with Crippen molar-refractivity contribution in [1.29, 1.82) is 0 Å². The highest BCUT2D eigenvalue weighted by atomic mass is 32.2. The second-order valence-corrected chi connectivity index (χ2v) is 4.60. The van der Waals surface area contributed by atoms with Crippen LogP contribution >= 0.6 is 11.8 Å². The van der Waals surface area contributed by atoms with Crippen molar-refractivity contribution in [2.75, 3.05) is 23.7 Å². The smallest absolute Gasteiger partial charge is 0.168 e. The zero-order chi connectivity index (χ0) is 9.71. The van der Waals surface area contributed by atoms with E-state index < -0.39 is 0 Å². The van der Waals surface area contributed by atoms with E-state index in [-0.39, 0.29) is 0 Å². The molecule has 72 valence electrons. The van der Waals surface area contributed by atoms with Crippen LogP contribution in [0, 0.1) is 6.92 Å². The molecule has 2 N–H and O–H groups in total. The van der Waals surface area contributed by atoms with E-state index in [1.54, 1.807) is 11.8 Å². The van der Waals surface area contributed by atoms with Crippen LogP contribution in [-0.2, 0) is 0 Å². The minimum atomic E-state index is 0.873. The molecule has 2 aliphatic rings. The van der Waals surface area contributed by atoms with Gasteiger partial charge in [0.15, 0.2) is 5.17 Å². The van der Waals surface area contributed by atoms with Gasteiger partial charge in [0.25, 0.3) is 0 Å². The fourth-order valence-corrected chi connectivity index (χ4v) is 2.98. The number of benzene rings is 1. The first-order valence-corrected chi connectivity index (χ1v) is 5.47. The predicted molar refractivity (Wildman–Crippen MR) is 61.1 cm³/mol. The molecular formula is C10H11N3S. The summed E-state index contributed by atoms with van der Waals surface area (Å²) in [6.07, 6.45) is 0. The maximum absolute atomic E-state index is 5.90. The first kappa shape index (κ1) is 8.17. The number of hydrogen-bond donors (Lipinski definition) is 1. The zero-order valence-corrected chi connectivity index (χ0v) is 8.77. The number of amidine groups is 1. The van der Waals surface area contributed by atoms with Crippen LogP contribution in [0.15, 0.2) is 22.0 Å². The molecule has 0 spiro atoms. The van der Waals surface area contributed by atoms with E-state index in [0.717, 1.165) is 29.5 Å². The summed E-state index contributed by atoms with van der Waals surface area (Å²) in [4.78, 5) is 7.97. The van der Waals surface area contributed by atoms with E-state index in [9.17, 15) is 0 Å². The molecule has 0 bridgehead atoms. The van der Waals surface area contributed by atoms with E-state index >= 15 is 0 Å². The van der Waals surface area contributed by atoms with Crippen molar-refractivity contribution >= 4 is 28.3 Å². The summed E-state index contributed by atoms with van der Waals surface area (Å²) < 4.78 is 0. The molecule has 3 rings (SSSR count). The summed E-state index contributed by atoms with van der Waals surface area (Å²) in [6.45, 7) is 3.95. The van der Waals surface area contributed by atoms with E-state index in [2.05, 4.69) is 22.0 Å². The van der Waals surface area contributed by atoms with Gasteiger partial charge in [-0.05, 0) is 36.4 Å². The number of nitrogens with zero attached hydrogens (tertiary/aromatic N) is 2. The Balaban J connectivity index is 2.17. The number of anilines is 2. The second kappa shape index (κ2) is 2.67. The standard InChI is InChI=1S/C10H11N3S/c1-6-4-9-8(5-7(6)11)13-3-2-12-10(13)14-9/h4-5H,2-3,11H2,1H3. The Morgan fingerprint density at radius 1 is 1.50 bits per heavy atom. The molecule has 2 aliphatic heterocycles. The monoisotopic (exact) mass is 205 g/mol. The van der Waals surface area contributed by atoms with Crippen LogP contribution < -0.4 is 10.6 Å². The first-order valence-electron chi connectivity index (χ1n) is 4.65. The summed E-state index contributed by atoms with van der Waals surface area (Å²) in [6, 6.07) is 4.21. The average Bonchev–Trinajstić information content (AvgIpc) is 2.68. The van der Waals surface area contributed by atoms with Crippen LogP contribution in [0.4, 0.5) is 11.4 Å². The Hall–Kier alpha value is -1.16. The molecule has 0 aromatic heterocycles. The molecule has 1 aromatic rings. The van der Waals surface area contributed by atoms with Crippen molar-refractivity contribution in [1.82, 2.24) is 0 Å². The van der Waals surface area contributed by atoms with Crippen LogP contribution in [-0.4, -0.2) is 18.3 Å². The van der Waals surface area contributed by atoms with Crippen molar-refractivity contribution < 1.29 is 0 Å². The Morgan fingerprint density at radius 3 is 3.21 bits per heavy atom. The number of nitrogen functional groups attached to an aromatic ring is 1. The molecule has 0 amide bonds. The number of aryl methyl sites for hydroxylation is 1. The molecule has 0 saturated carbocycles. The molecular weight excluding hydrogens is 194 g/mol. The highest BCUT2D eigenvalue weighted by Gasteiger charge is 2.29. The zero-order valence-electron chi connectivity index (χ0n) is 7.95. The molecule has 4 heteroatoms. The first-order chi connectivity index (χ1) is 6.75. The molecule has 0 saturated heterocycles. The quantitative estimate of drug-likeness (QED) is 0.657. The molecule has 0 aliphatic carbocycles. The van der Waals surface area contributed by atoms with Gasteiger partial charge in [0.05, 0.1) is 12.2 Å². The number of rotatable bonds is 0. The summed E-state index contributed by atoms with van der Waals surface area (Å²) >= 11 is 1.75. The topological polar surface area (TPSA) is 41.6 Å². The number of thioether (sulfide) groups is 1. The van der Waals surface area contributed by atoms with Gasteiger partial charge in [-0.15, -0.1) is 0 Å². The lowest BCUT2D eigenvalue weighted by atomic mass is 10.2. The van der Waals surface area contributed by atoms with E-state index in [4.69, 9.17) is 5.73 Å². The third-order valence-corrected chi connectivity index (χ3v) is 3.72. The molecule has 0 fully saturated rings. The van der Waals surface area contributed by atoms with Crippen LogP contribution in [0.3, 0.4) is 0 Å². The van der Waals surface area contributed by atoms with Crippen LogP contribution in [0.1, 0.15) is 5.56 Å². The Morgan fingerprint density at radius 2 is 2.36 bits per heavy atom. The second-order valence-electron chi connectivity index (χ2n) is 3.59. The van der Waals surface area contributed by atoms with Crippen LogP contribution in [0.5, 0.6) is 0 Å². The normalized spacial score (nSPS) is 18.1. The lowest BCUT2D eigenvalue weighted by Crippen LogP contribution is -2.20. The van der Waals surface area contributed by atoms with Crippen molar-refractivity contribution in [2.45, 2.75) is 11.8 Å². The summed E-state index contributed by atoms with van der Waals surface area (Å²) in [5.74, 6) is 0. The van der Waals surface area contributed by atoms with Crippen LogP contribution in [0.25, 0.3) is 0 Å². The largest absolute Gasteiger partial charge is 0.398 e. The molecule has 1 aromatic carbocycles. The lowest BCUT2D eigenvalue weighted by molar-refractivity contribution is 1.01. The summed E-state index contributed by atoms with van der Waals surface area (Å²) in [5.41, 5.74) is 9.15. The Labute approximate surface area is 87.0 Å². The summed E-state index contributed by atoms with van der Waals surface area (Å²) in [5, 5.41) is 1.13. The summed E-state index contributed by atoms with van der Waals surface area (Å²) in [7, 11) is 0.